The van der Waals surface area contributed by atoms with E-state index in [4.69, 9.17) is 0 Å². The van der Waals surface area contributed by atoms with Gasteiger partial charge in [0.15, 0.2) is 0 Å². The van der Waals surface area contributed by atoms with Gasteiger partial charge in [0.1, 0.15) is 6.04 Å². The number of carbonyl (C=O) groups is 3. The Morgan fingerprint density at radius 1 is 1.08 bits per heavy atom. The molecule has 8 heteroatoms. The maximum absolute atomic E-state index is 14.6. The van der Waals surface area contributed by atoms with Gasteiger partial charge >= 0.3 is 0 Å². The van der Waals surface area contributed by atoms with Gasteiger partial charge in [-0.25, -0.2) is 0 Å². The second kappa shape index (κ2) is 13.2. The predicted octanol–water partition coefficient (Wildman–Crippen LogP) is 4.50. The largest absolute Gasteiger partial charge is 0.394 e. The average molecular weight is 562 g/mol. The molecule has 1 spiro atoms. The molecular weight excluding hydrogens is 510 g/mol. The van der Waals surface area contributed by atoms with E-state index >= 15 is 0 Å². The standard InChI is InChI=1S/C31H51N3O4S/c1-8-13-14-20-33(19-11-4)29(38)26-31-16-15-30(7,39-31)24(27(36)32(17-9-2)18-10-3)25(31)28(37)34(26)23(21-35)22(6)12-5/h9,11,22-26,35H,2,4,8,10,12-21H2,1,3,5-7H3/t22-,23-,24+,25-,26?,30-,31?/m0/s1. The highest BCUT2D eigenvalue weighted by Crippen LogP contribution is 2.72. The summed E-state index contributed by atoms with van der Waals surface area (Å²) in [5, 5.41) is 10.6. The number of aliphatic hydroxyl groups is 1. The number of nitrogens with zero attached hydrogens (tertiary/aromatic N) is 3. The van der Waals surface area contributed by atoms with Gasteiger partial charge in [-0.3, -0.25) is 14.4 Å². The van der Waals surface area contributed by atoms with Gasteiger partial charge in [0.05, 0.1) is 29.2 Å². The van der Waals surface area contributed by atoms with E-state index in [9.17, 15) is 19.5 Å². The summed E-state index contributed by atoms with van der Waals surface area (Å²) in [4.78, 5) is 48.7. The zero-order valence-corrected chi connectivity index (χ0v) is 25.7. The van der Waals surface area contributed by atoms with Gasteiger partial charge in [0.2, 0.25) is 17.7 Å². The van der Waals surface area contributed by atoms with Crippen molar-refractivity contribution in [3.8, 4) is 0 Å². The number of aliphatic hydroxyl groups excluding tert-OH is 1. The van der Waals surface area contributed by atoms with Crippen molar-refractivity contribution in [2.75, 3.05) is 32.8 Å². The Morgan fingerprint density at radius 3 is 2.26 bits per heavy atom. The van der Waals surface area contributed by atoms with Crippen LogP contribution in [0.1, 0.15) is 79.6 Å². The van der Waals surface area contributed by atoms with E-state index in [0.717, 1.165) is 38.5 Å². The Balaban J connectivity index is 2.13. The maximum Gasteiger partial charge on any atom is 0.247 e. The molecule has 3 fully saturated rings. The summed E-state index contributed by atoms with van der Waals surface area (Å²) < 4.78 is -1.09. The van der Waals surface area contributed by atoms with Crippen molar-refractivity contribution in [1.29, 1.82) is 0 Å². The number of hydrogen-bond donors (Lipinski definition) is 1. The van der Waals surface area contributed by atoms with E-state index in [0.29, 0.717) is 32.6 Å². The van der Waals surface area contributed by atoms with Crippen LogP contribution in [-0.2, 0) is 14.4 Å². The van der Waals surface area contributed by atoms with Crippen LogP contribution >= 0.6 is 11.8 Å². The summed E-state index contributed by atoms with van der Waals surface area (Å²) in [6.07, 6.45) is 9.56. The molecular formula is C31H51N3O4S. The lowest BCUT2D eigenvalue weighted by Crippen LogP contribution is -2.58. The molecule has 3 aliphatic heterocycles. The van der Waals surface area contributed by atoms with E-state index in [-0.39, 0.29) is 30.2 Å². The topological polar surface area (TPSA) is 81.2 Å². The van der Waals surface area contributed by atoms with E-state index in [1.807, 2.05) is 30.6 Å². The molecule has 7 atom stereocenters. The number of carbonyl (C=O) groups excluding carboxylic acids is 3. The third-order valence-corrected chi connectivity index (χ3v) is 11.4. The Morgan fingerprint density at radius 2 is 1.72 bits per heavy atom. The molecule has 0 saturated carbocycles. The lowest BCUT2D eigenvalue weighted by atomic mass is 9.66. The molecule has 220 valence electrons. The van der Waals surface area contributed by atoms with Crippen LogP contribution < -0.4 is 0 Å². The van der Waals surface area contributed by atoms with Crippen LogP contribution in [0.15, 0.2) is 25.3 Å². The Hall–Kier alpha value is -1.80. The molecule has 3 saturated heterocycles. The van der Waals surface area contributed by atoms with Crippen LogP contribution in [0.25, 0.3) is 0 Å². The number of fused-ring (bicyclic) bond motifs is 1. The highest BCUT2D eigenvalue weighted by atomic mass is 32.2. The number of unbranched alkanes of at least 4 members (excludes halogenated alkanes) is 2. The van der Waals surface area contributed by atoms with E-state index in [2.05, 4.69) is 27.0 Å². The summed E-state index contributed by atoms with van der Waals surface area (Å²) in [7, 11) is 0. The molecule has 0 radical (unpaired) electrons. The highest BCUT2D eigenvalue weighted by molar-refractivity contribution is 8.02. The second-order valence-electron chi connectivity index (χ2n) is 12.0. The summed E-state index contributed by atoms with van der Waals surface area (Å²) in [5.74, 6) is -1.27. The van der Waals surface area contributed by atoms with Gasteiger partial charge in [-0.2, -0.15) is 0 Å². The van der Waals surface area contributed by atoms with Crippen LogP contribution in [0.5, 0.6) is 0 Å². The molecule has 0 aromatic rings. The second-order valence-corrected chi connectivity index (χ2v) is 13.9. The van der Waals surface area contributed by atoms with Crippen molar-refractivity contribution in [3.63, 3.8) is 0 Å². The minimum Gasteiger partial charge on any atom is -0.394 e. The molecule has 7 nitrogen and oxygen atoms in total. The van der Waals surface area contributed by atoms with Gasteiger partial charge in [-0.05, 0) is 38.5 Å². The van der Waals surface area contributed by atoms with Crippen LogP contribution in [0.2, 0.25) is 0 Å². The van der Waals surface area contributed by atoms with Crippen molar-refractivity contribution >= 4 is 29.5 Å². The minimum absolute atomic E-state index is 0.00490. The average Bonchev–Trinajstić information content (AvgIpc) is 3.48. The maximum atomic E-state index is 14.6. The molecule has 0 aliphatic carbocycles. The Kier molecular flexibility index (Phi) is 10.8. The van der Waals surface area contributed by atoms with Gasteiger partial charge < -0.3 is 19.8 Å². The van der Waals surface area contributed by atoms with Crippen molar-refractivity contribution in [2.45, 2.75) is 101 Å². The first-order chi connectivity index (χ1) is 18.6. The Bertz CT molecular complexity index is 928. The van der Waals surface area contributed by atoms with Crippen molar-refractivity contribution in [3.05, 3.63) is 25.3 Å². The van der Waals surface area contributed by atoms with Crippen LogP contribution in [0.4, 0.5) is 0 Å². The molecule has 3 amide bonds. The predicted molar refractivity (Wildman–Crippen MR) is 159 cm³/mol. The van der Waals surface area contributed by atoms with Crippen LogP contribution in [0, 0.1) is 17.8 Å². The first-order valence-corrected chi connectivity index (χ1v) is 15.9. The highest BCUT2D eigenvalue weighted by Gasteiger charge is 2.78. The molecule has 39 heavy (non-hydrogen) atoms. The molecule has 1 N–H and O–H groups in total. The number of likely N-dealkylation sites (tertiary alicyclic amines) is 1. The fraction of sp³-hybridized carbons (Fsp3) is 0.774. The zero-order chi connectivity index (χ0) is 29.0. The monoisotopic (exact) mass is 561 g/mol. The van der Waals surface area contributed by atoms with Crippen molar-refractivity contribution in [2.24, 2.45) is 17.8 Å². The van der Waals surface area contributed by atoms with Crippen LogP contribution in [-0.4, -0.2) is 91.9 Å². The van der Waals surface area contributed by atoms with Gasteiger partial charge in [-0.1, -0.05) is 59.1 Å². The minimum atomic E-state index is -0.702. The summed E-state index contributed by atoms with van der Waals surface area (Å²) in [6, 6.07) is -1.17. The van der Waals surface area contributed by atoms with E-state index in [1.165, 1.54) is 0 Å². The number of amides is 3. The fourth-order valence-electron chi connectivity index (χ4n) is 7.28. The van der Waals surface area contributed by atoms with E-state index < -0.39 is 33.4 Å². The third kappa shape index (κ3) is 5.57. The lowest BCUT2D eigenvalue weighted by molar-refractivity contribution is -0.148. The molecule has 3 rings (SSSR count). The fourth-order valence-corrected chi connectivity index (χ4v) is 9.61. The summed E-state index contributed by atoms with van der Waals surface area (Å²) in [6.45, 7) is 20.0. The molecule has 0 aromatic carbocycles. The summed E-state index contributed by atoms with van der Waals surface area (Å²) in [5.41, 5.74) is 0. The van der Waals surface area contributed by atoms with Crippen molar-refractivity contribution in [1.82, 2.24) is 14.7 Å². The first kappa shape index (κ1) is 31.7. The Labute approximate surface area is 240 Å². The molecule has 2 bridgehead atoms. The van der Waals surface area contributed by atoms with Crippen molar-refractivity contribution < 1.29 is 19.5 Å². The molecule has 0 aromatic heterocycles. The van der Waals surface area contributed by atoms with E-state index in [1.54, 1.807) is 28.8 Å². The quantitative estimate of drug-likeness (QED) is 0.222. The summed E-state index contributed by atoms with van der Waals surface area (Å²) >= 11 is 1.71. The third-order valence-electron chi connectivity index (χ3n) is 9.41. The SMILES string of the molecule is C=CCN(CCCCC)C(=O)C1N([C@@H](CO)[C@@H](C)CC)C(=O)[C@@H]2[C@H](C(=O)N(CC=C)CCC)[C@]3(C)CCC12S3. The smallest absolute Gasteiger partial charge is 0.247 e. The number of rotatable bonds is 16. The van der Waals surface area contributed by atoms with Crippen LogP contribution in [0.3, 0.4) is 0 Å². The lowest BCUT2D eigenvalue weighted by Gasteiger charge is -2.41. The van der Waals surface area contributed by atoms with Gasteiger partial charge in [-0.15, -0.1) is 24.9 Å². The number of hydrogen-bond acceptors (Lipinski definition) is 5. The normalized spacial score (nSPS) is 30.7. The van der Waals surface area contributed by atoms with Gasteiger partial charge in [0.25, 0.3) is 0 Å². The molecule has 3 aliphatic rings. The zero-order valence-electron chi connectivity index (χ0n) is 24.9. The number of thioether (sulfide) groups is 1. The van der Waals surface area contributed by atoms with Gasteiger partial charge in [0, 0.05) is 30.9 Å². The first-order valence-electron chi connectivity index (χ1n) is 15.0. The molecule has 3 heterocycles. The molecule has 2 unspecified atom stereocenters.